The fourth-order valence-electron chi connectivity index (χ4n) is 2.03. The van der Waals surface area contributed by atoms with Crippen molar-refractivity contribution in [1.29, 1.82) is 5.26 Å². The molecular weight excluding hydrogens is 202 g/mol. The van der Waals surface area contributed by atoms with Gasteiger partial charge in [-0.05, 0) is 25.3 Å². The van der Waals surface area contributed by atoms with Crippen LogP contribution in [0.1, 0.15) is 33.1 Å². The van der Waals surface area contributed by atoms with Crippen LogP contribution in [0.2, 0.25) is 0 Å². The average molecular weight is 223 g/mol. The summed E-state index contributed by atoms with van der Waals surface area (Å²) in [7, 11) is 0. The number of hydrogen-bond donors (Lipinski definition) is 1. The minimum Gasteiger partial charge on any atom is -0.340 e. The van der Waals surface area contributed by atoms with E-state index in [2.05, 4.69) is 25.2 Å². The molecule has 1 aliphatic rings. The third-order valence-electron chi connectivity index (χ3n) is 2.75. The molecule has 0 aromatic carbocycles. The number of hydrogen-bond acceptors (Lipinski definition) is 3. The lowest BCUT2D eigenvalue weighted by atomic mass is 10.1. The molecule has 0 saturated carbocycles. The van der Waals surface area contributed by atoms with Gasteiger partial charge < -0.3 is 10.2 Å². The number of amides is 1. The van der Waals surface area contributed by atoms with E-state index in [-0.39, 0.29) is 11.9 Å². The van der Waals surface area contributed by atoms with Gasteiger partial charge in [0, 0.05) is 13.1 Å². The molecule has 1 fully saturated rings. The van der Waals surface area contributed by atoms with Crippen molar-refractivity contribution in [2.75, 3.05) is 19.6 Å². The van der Waals surface area contributed by atoms with Crippen molar-refractivity contribution in [3.05, 3.63) is 0 Å². The summed E-state index contributed by atoms with van der Waals surface area (Å²) < 4.78 is 0. The molecule has 4 heteroatoms. The second-order valence-corrected chi connectivity index (χ2v) is 4.74. The predicted octanol–water partition coefficient (Wildman–Crippen LogP) is 1.14. The number of carbonyl (C=O) groups is 1. The fraction of sp³-hybridized carbons (Fsp3) is 0.833. The summed E-state index contributed by atoms with van der Waals surface area (Å²) in [4.78, 5) is 14.0. The Hall–Kier alpha value is -1.08. The van der Waals surface area contributed by atoms with Crippen LogP contribution in [0.15, 0.2) is 0 Å². The van der Waals surface area contributed by atoms with Gasteiger partial charge in [-0.2, -0.15) is 5.26 Å². The van der Waals surface area contributed by atoms with Crippen molar-refractivity contribution in [3.63, 3.8) is 0 Å². The predicted molar refractivity (Wildman–Crippen MR) is 62.7 cm³/mol. The first-order valence-corrected chi connectivity index (χ1v) is 6.04. The average Bonchev–Trinajstić information content (AvgIpc) is 2.76. The summed E-state index contributed by atoms with van der Waals surface area (Å²) >= 11 is 0. The minimum atomic E-state index is -0.0163. The molecule has 0 bridgehead atoms. The molecule has 1 N–H and O–H groups in total. The van der Waals surface area contributed by atoms with Gasteiger partial charge in [0.1, 0.15) is 0 Å². The van der Waals surface area contributed by atoms with E-state index in [0.29, 0.717) is 18.9 Å². The highest BCUT2D eigenvalue weighted by molar-refractivity contribution is 5.82. The van der Waals surface area contributed by atoms with E-state index in [0.717, 1.165) is 25.9 Å². The van der Waals surface area contributed by atoms with E-state index >= 15 is 0 Å². The number of nitrogens with zero attached hydrogens (tertiary/aromatic N) is 2. The molecule has 1 aliphatic heterocycles. The van der Waals surface area contributed by atoms with Gasteiger partial charge in [-0.15, -0.1) is 0 Å². The van der Waals surface area contributed by atoms with Crippen molar-refractivity contribution in [2.24, 2.45) is 5.92 Å². The molecule has 90 valence electrons. The zero-order valence-electron chi connectivity index (χ0n) is 10.2. The van der Waals surface area contributed by atoms with E-state index in [1.165, 1.54) is 0 Å². The van der Waals surface area contributed by atoms with Crippen LogP contribution in [0.4, 0.5) is 0 Å². The van der Waals surface area contributed by atoms with E-state index in [9.17, 15) is 4.79 Å². The van der Waals surface area contributed by atoms with E-state index in [4.69, 9.17) is 5.26 Å². The van der Waals surface area contributed by atoms with Crippen LogP contribution in [-0.2, 0) is 4.79 Å². The monoisotopic (exact) mass is 223 g/mol. The van der Waals surface area contributed by atoms with Crippen LogP contribution >= 0.6 is 0 Å². The summed E-state index contributed by atoms with van der Waals surface area (Å²) in [6.07, 6.45) is 2.43. The van der Waals surface area contributed by atoms with Gasteiger partial charge in [0.05, 0.1) is 18.5 Å². The summed E-state index contributed by atoms with van der Waals surface area (Å²) in [5.74, 6) is 0.616. The quantitative estimate of drug-likeness (QED) is 0.760. The Labute approximate surface area is 97.6 Å². The Morgan fingerprint density at radius 3 is 2.88 bits per heavy atom. The summed E-state index contributed by atoms with van der Waals surface area (Å²) in [6.45, 7) is 6.43. The zero-order valence-corrected chi connectivity index (χ0v) is 10.2. The lowest BCUT2D eigenvalue weighted by Crippen LogP contribution is -2.45. The smallest absolute Gasteiger partial charge is 0.239 e. The maximum atomic E-state index is 12.1. The Balaban J connectivity index is 2.52. The van der Waals surface area contributed by atoms with Gasteiger partial charge in [0.15, 0.2) is 0 Å². The van der Waals surface area contributed by atoms with Crippen molar-refractivity contribution < 1.29 is 4.79 Å². The fourth-order valence-corrected chi connectivity index (χ4v) is 2.03. The first-order chi connectivity index (χ1) is 7.65. The zero-order chi connectivity index (χ0) is 12.0. The third kappa shape index (κ3) is 3.82. The number of nitrogens with one attached hydrogen (secondary N) is 1. The molecule has 0 aliphatic carbocycles. The highest BCUT2D eigenvalue weighted by Crippen LogP contribution is 2.10. The second kappa shape index (κ2) is 6.49. The Bertz CT molecular complexity index is 264. The standard InChI is InChI=1S/C12H21N3O/c1-10(2)9-15(8-4-6-13)12(16)11-5-3-7-14-11/h10-11,14H,3-5,7-9H2,1-2H3. The molecule has 1 amide bonds. The highest BCUT2D eigenvalue weighted by atomic mass is 16.2. The molecule has 0 aromatic rings. The summed E-state index contributed by atoms with van der Waals surface area (Å²) in [5.41, 5.74) is 0. The first-order valence-electron chi connectivity index (χ1n) is 6.04. The lowest BCUT2D eigenvalue weighted by molar-refractivity contribution is -0.133. The van der Waals surface area contributed by atoms with Crippen LogP contribution in [0.25, 0.3) is 0 Å². The van der Waals surface area contributed by atoms with Crippen molar-refractivity contribution in [2.45, 2.75) is 39.2 Å². The van der Waals surface area contributed by atoms with Crippen LogP contribution in [0, 0.1) is 17.2 Å². The Morgan fingerprint density at radius 1 is 1.62 bits per heavy atom. The molecular formula is C12H21N3O. The second-order valence-electron chi connectivity index (χ2n) is 4.74. The first kappa shape index (κ1) is 13.0. The summed E-state index contributed by atoms with van der Waals surface area (Å²) in [5, 5.41) is 11.8. The maximum absolute atomic E-state index is 12.1. The Morgan fingerprint density at radius 2 is 2.38 bits per heavy atom. The molecule has 1 saturated heterocycles. The van der Waals surface area contributed by atoms with E-state index in [1.807, 2.05) is 4.90 Å². The molecule has 1 atom stereocenters. The topological polar surface area (TPSA) is 56.1 Å². The number of rotatable bonds is 5. The largest absolute Gasteiger partial charge is 0.340 e. The molecule has 1 heterocycles. The van der Waals surface area contributed by atoms with Crippen LogP contribution in [0.3, 0.4) is 0 Å². The van der Waals surface area contributed by atoms with Gasteiger partial charge in [0.2, 0.25) is 5.91 Å². The SMILES string of the molecule is CC(C)CN(CCC#N)C(=O)C1CCCN1. The molecule has 0 radical (unpaired) electrons. The van der Waals surface area contributed by atoms with Crippen LogP contribution in [0.5, 0.6) is 0 Å². The molecule has 1 unspecified atom stereocenters. The van der Waals surface area contributed by atoms with Gasteiger partial charge in [-0.25, -0.2) is 0 Å². The number of carbonyl (C=O) groups excluding carboxylic acids is 1. The molecule has 1 rings (SSSR count). The van der Waals surface area contributed by atoms with Crippen molar-refractivity contribution >= 4 is 5.91 Å². The maximum Gasteiger partial charge on any atom is 0.239 e. The molecule has 0 aromatic heterocycles. The minimum absolute atomic E-state index is 0.0163. The molecule has 4 nitrogen and oxygen atoms in total. The van der Waals surface area contributed by atoms with E-state index in [1.54, 1.807) is 0 Å². The van der Waals surface area contributed by atoms with Crippen LogP contribution < -0.4 is 5.32 Å². The number of nitriles is 1. The van der Waals surface area contributed by atoms with Gasteiger partial charge >= 0.3 is 0 Å². The Kier molecular flexibility index (Phi) is 5.27. The normalized spacial score (nSPS) is 19.8. The van der Waals surface area contributed by atoms with E-state index < -0.39 is 0 Å². The van der Waals surface area contributed by atoms with Crippen molar-refractivity contribution in [1.82, 2.24) is 10.2 Å². The van der Waals surface area contributed by atoms with Crippen LogP contribution in [-0.4, -0.2) is 36.5 Å². The summed E-state index contributed by atoms with van der Waals surface area (Å²) in [6, 6.07) is 2.09. The highest BCUT2D eigenvalue weighted by Gasteiger charge is 2.26. The van der Waals surface area contributed by atoms with Gasteiger partial charge in [0.25, 0.3) is 0 Å². The van der Waals surface area contributed by atoms with Gasteiger partial charge in [-0.1, -0.05) is 13.8 Å². The molecule has 0 spiro atoms. The van der Waals surface area contributed by atoms with Gasteiger partial charge in [-0.3, -0.25) is 4.79 Å². The van der Waals surface area contributed by atoms with Crippen molar-refractivity contribution in [3.8, 4) is 6.07 Å². The lowest BCUT2D eigenvalue weighted by Gasteiger charge is -2.26. The third-order valence-corrected chi connectivity index (χ3v) is 2.75. The molecule has 16 heavy (non-hydrogen) atoms.